The number of hydrazone groups is 1. The summed E-state index contributed by atoms with van der Waals surface area (Å²) in [5, 5.41) is 8.07. The van der Waals surface area contributed by atoms with E-state index in [1.54, 1.807) is 37.6 Å². The first-order chi connectivity index (χ1) is 16.9. The zero-order valence-electron chi connectivity index (χ0n) is 19.0. The van der Waals surface area contributed by atoms with Crippen molar-refractivity contribution in [2.45, 2.75) is 13.5 Å². The Labute approximate surface area is 211 Å². The zero-order valence-corrected chi connectivity index (χ0v) is 20.6. The minimum Gasteiger partial charge on any atom is -0.496 e. The molecule has 0 radical (unpaired) electrons. The number of carbonyl (C=O) groups is 2. The fraction of sp³-hybridized carbons (Fsp3) is 0.115. The van der Waals surface area contributed by atoms with Gasteiger partial charge in [-0.25, -0.2) is 5.43 Å². The van der Waals surface area contributed by atoms with Crippen molar-refractivity contribution in [1.82, 2.24) is 5.43 Å². The first kappa shape index (κ1) is 24.3. The highest BCUT2D eigenvalue weighted by molar-refractivity contribution is 7.21. The maximum absolute atomic E-state index is 12.6. The van der Waals surface area contributed by atoms with Crippen molar-refractivity contribution in [3.63, 3.8) is 0 Å². The van der Waals surface area contributed by atoms with Crippen LogP contribution in [0.4, 0.5) is 5.69 Å². The second-order valence-electron chi connectivity index (χ2n) is 7.51. The summed E-state index contributed by atoms with van der Waals surface area (Å²) < 4.78 is 12.3. The molecule has 2 amide bonds. The van der Waals surface area contributed by atoms with Gasteiger partial charge in [-0.2, -0.15) is 5.10 Å². The van der Waals surface area contributed by atoms with Gasteiger partial charge in [-0.15, -0.1) is 11.3 Å². The Kier molecular flexibility index (Phi) is 7.64. The summed E-state index contributed by atoms with van der Waals surface area (Å²) in [7, 11) is 1.59. The molecule has 4 rings (SSSR count). The van der Waals surface area contributed by atoms with Crippen LogP contribution in [0.1, 0.15) is 27.7 Å². The molecule has 35 heavy (non-hydrogen) atoms. The molecule has 0 saturated carbocycles. The van der Waals surface area contributed by atoms with Gasteiger partial charge in [0.15, 0.2) is 0 Å². The number of benzene rings is 3. The highest BCUT2D eigenvalue weighted by Gasteiger charge is 2.16. The predicted molar refractivity (Wildman–Crippen MR) is 140 cm³/mol. The van der Waals surface area contributed by atoms with Crippen LogP contribution in [0.2, 0.25) is 5.02 Å². The van der Waals surface area contributed by atoms with E-state index in [0.717, 1.165) is 21.2 Å². The van der Waals surface area contributed by atoms with Gasteiger partial charge in [0.2, 0.25) is 5.91 Å². The Hall–Kier alpha value is -3.88. The fourth-order valence-electron chi connectivity index (χ4n) is 3.37. The van der Waals surface area contributed by atoms with Crippen LogP contribution in [0, 0.1) is 0 Å². The van der Waals surface area contributed by atoms with Gasteiger partial charge in [0.1, 0.15) is 23.0 Å². The molecule has 9 heteroatoms. The van der Waals surface area contributed by atoms with Crippen LogP contribution in [0.3, 0.4) is 0 Å². The van der Waals surface area contributed by atoms with Gasteiger partial charge >= 0.3 is 0 Å². The number of amides is 2. The molecule has 0 atom stereocenters. The summed E-state index contributed by atoms with van der Waals surface area (Å²) in [4.78, 5) is 24.1. The van der Waals surface area contributed by atoms with Crippen LogP contribution in [0.25, 0.3) is 10.1 Å². The highest BCUT2D eigenvalue weighted by atomic mass is 35.5. The Bertz CT molecular complexity index is 1400. The first-order valence-electron chi connectivity index (χ1n) is 10.6. The summed E-state index contributed by atoms with van der Waals surface area (Å²) in [6.45, 7) is 1.71. The van der Waals surface area contributed by atoms with Crippen molar-refractivity contribution in [3.05, 3.63) is 87.8 Å². The minimum absolute atomic E-state index is 0.134. The number of nitrogens with one attached hydrogen (secondary N) is 2. The van der Waals surface area contributed by atoms with E-state index in [1.165, 1.54) is 18.3 Å². The maximum atomic E-state index is 12.6. The van der Waals surface area contributed by atoms with Crippen molar-refractivity contribution < 1.29 is 19.1 Å². The van der Waals surface area contributed by atoms with Crippen molar-refractivity contribution in [1.29, 1.82) is 0 Å². The molecule has 1 heterocycles. The number of fused-ring (bicyclic) bond motifs is 1. The molecule has 1 aromatic heterocycles. The smallest absolute Gasteiger partial charge is 0.283 e. The molecule has 0 saturated heterocycles. The molecule has 0 aliphatic rings. The van der Waals surface area contributed by atoms with Crippen LogP contribution in [-0.2, 0) is 11.4 Å². The largest absolute Gasteiger partial charge is 0.496 e. The molecule has 0 spiro atoms. The summed E-state index contributed by atoms with van der Waals surface area (Å²) in [5.74, 6) is 0.808. The van der Waals surface area contributed by atoms with E-state index < -0.39 is 0 Å². The Morgan fingerprint density at radius 2 is 1.86 bits per heavy atom. The minimum atomic E-state index is -0.368. The second-order valence-corrected chi connectivity index (χ2v) is 8.94. The number of methoxy groups -OCH3 is 1. The highest BCUT2D eigenvalue weighted by Crippen LogP contribution is 2.35. The molecule has 3 aromatic carbocycles. The molecule has 0 bridgehead atoms. The average Bonchev–Trinajstić information content (AvgIpc) is 3.20. The number of hydrogen-bond donors (Lipinski definition) is 2. The Morgan fingerprint density at radius 1 is 1.09 bits per heavy atom. The van der Waals surface area contributed by atoms with Crippen LogP contribution >= 0.6 is 22.9 Å². The Balaban J connectivity index is 1.41. The molecule has 0 unspecified atom stereocenters. The molecule has 0 aliphatic heterocycles. The number of ether oxygens (including phenoxy) is 2. The van der Waals surface area contributed by atoms with Gasteiger partial charge in [-0.1, -0.05) is 29.8 Å². The maximum Gasteiger partial charge on any atom is 0.283 e. The van der Waals surface area contributed by atoms with E-state index in [9.17, 15) is 9.59 Å². The van der Waals surface area contributed by atoms with E-state index in [1.807, 2.05) is 42.5 Å². The van der Waals surface area contributed by atoms with Crippen molar-refractivity contribution in [2.75, 3.05) is 12.4 Å². The van der Waals surface area contributed by atoms with Crippen molar-refractivity contribution >= 4 is 56.7 Å². The van der Waals surface area contributed by atoms with E-state index in [0.29, 0.717) is 27.1 Å². The third-order valence-corrected chi connectivity index (χ3v) is 6.67. The van der Waals surface area contributed by atoms with Crippen LogP contribution in [-0.4, -0.2) is 25.1 Å². The Morgan fingerprint density at radius 3 is 2.57 bits per heavy atom. The molecule has 2 N–H and O–H groups in total. The van der Waals surface area contributed by atoms with Gasteiger partial charge in [-0.05, 0) is 54.1 Å². The van der Waals surface area contributed by atoms with Crippen LogP contribution in [0.15, 0.2) is 71.8 Å². The molecule has 178 valence electrons. The first-order valence-corrected chi connectivity index (χ1v) is 11.8. The summed E-state index contributed by atoms with van der Waals surface area (Å²) in [6.07, 6.45) is 1.55. The second kappa shape index (κ2) is 11.0. The van der Waals surface area contributed by atoms with Gasteiger partial charge in [-0.3, -0.25) is 9.59 Å². The molecule has 7 nitrogen and oxygen atoms in total. The predicted octanol–water partition coefficient (Wildman–Crippen LogP) is 5.86. The third kappa shape index (κ3) is 5.98. The van der Waals surface area contributed by atoms with Crippen LogP contribution in [0.5, 0.6) is 11.5 Å². The summed E-state index contributed by atoms with van der Waals surface area (Å²) >= 11 is 7.69. The summed E-state index contributed by atoms with van der Waals surface area (Å²) in [6, 6.07) is 20.2. The number of carbonyl (C=O) groups excluding carboxylic acids is 2. The van der Waals surface area contributed by atoms with E-state index in [4.69, 9.17) is 21.1 Å². The van der Waals surface area contributed by atoms with Crippen LogP contribution < -0.4 is 20.2 Å². The molecule has 4 aromatic rings. The lowest BCUT2D eigenvalue weighted by Crippen LogP contribution is -2.16. The van der Waals surface area contributed by atoms with Crippen molar-refractivity contribution in [2.24, 2.45) is 5.10 Å². The summed E-state index contributed by atoms with van der Waals surface area (Å²) in [5.41, 5.74) is 4.80. The SMILES string of the molecule is COc1ccc(/C=N/NC(=O)c2sc3ccccc3c2Cl)cc1COc1ccc(NC(C)=O)cc1. The monoisotopic (exact) mass is 507 g/mol. The quantitative estimate of drug-likeness (QED) is 0.231. The lowest BCUT2D eigenvalue weighted by Gasteiger charge is -2.11. The third-order valence-electron chi connectivity index (χ3n) is 4.99. The fourth-order valence-corrected chi connectivity index (χ4v) is 4.77. The molecular weight excluding hydrogens is 486 g/mol. The average molecular weight is 508 g/mol. The number of nitrogens with zero attached hydrogens (tertiary/aromatic N) is 1. The van der Waals surface area contributed by atoms with E-state index in [-0.39, 0.29) is 18.4 Å². The van der Waals surface area contributed by atoms with Gasteiger partial charge in [0.05, 0.1) is 18.3 Å². The number of thiophene rings is 1. The topological polar surface area (TPSA) is 89.0 Å². The normalized spacial score (nSPS) is 10.9. The number of hydrogen-bond acceptors (Lipinski definition) is 6. The molecule has 0 fully saturated rings. The van der Waals surface area contributed by atoms with Crippen molar-refractivity contribution in [3.8, 4) is 11.5 Å². The van der Waals surface area contributed by atoms with E-state index >= 15 is 0 Å². The molecule has 0 aliphatic carbocycles. The molecular formula is C26H22ClN3O4S. The van der Waals surface area contributed by atoms with Gasteiger partial charge < -0.3 is 14.8 Å². The lowest BCUT2D eigenvalue weighted by atomic mass is 10.1. The van der Waals surface area contributed by atoms with E-state index in [2.05, 4.69) is 15.8 Å². The number of rotatable bonds is 8. The number of anilines is 1. The number of halogens is 1. The van der Waals surface area contributed by atoms with Gasteiger partial charge in [0.25, 0.3) is 5.91 Å². The zero-order chi connectivity index (χ0) is 24.8. The standard InChI is InChI=1S/C26H22ClN3O4S/c1-16(31)29-19-8-10-20(11-9-19)34-15-18-13-17(7-12-22(18)33-2)14-28-30-26(32)25-24(27)21-5-3-4-6-23(21)35-25/h3-14H,15H2,1-2H3,(H,29,31)(H,30,32)/b28-14+. The van der Waals surface area contributed by atoms with Gasteiger partial charge in [0, 0.05) is 28.3 Å². The lowest BCUT2D eigenvalue weighted by molar-refractivity contribution is -0.114.